The highest BCUT2D eigenvalue weighted by atomic mass is 16.5. The second-order valence-electron chi connectivity index (χ2n) is 6.29. The van der Waals surface area contributed by atoms with Crippen molar-refractivity contribution in [1.82, 2.24) is 10.3 Å². The van der Waals surface area contributed by atoms with Crippen LogP contribution in [0.3, 0.4) is 0 Å². The Morgan fingerprint density at radius 1 is 1.12 bits per heavy atom. The van der Waals surface area contributed by atoms with E-state index in [2.05, 4.69) is 29.5 Å². The standard InChI is InChI=1S/C20H25N3O3/c1-4-26-20(25)15-5-7-16(8-6-15)23-17-10-12-21-18(13-17)19(24)22-11-9-14(2)3/h5-8,10,12-14H,4,9,11H2,1-3H3,(H,21,23)(H,22,24). The molecule has 0 radical (unpaired) electrons. The van der Waals surface area contributed by atoms with E-state index in [1.807, 2.05) is 0 Å². The van der Waals surface area contributed by atoms with E-state index >= 15 is 0 Å². The Labute approximate surface area is 154 Å². The van der Waals surface area contributed by atoms with Gasteiger partial charge in [-0.25, -0.2) is 4.79 Å². The first-order chi connectivity index (χ1) is 12.5. The van der Waals surface area contributed by atoms with E-state index in [0.717, 1.165) is 17.8 Å². The smallest absolute Gasteiger partial charge is 0.338 e. The number of carbonyl (C=O) groups is 2. The van der Waals surface area contributed by atoms with Crippen LogP contribution in [0.15, 0.2) is 42.6 Å². The summed E-state index contributed by atoms with van der Waals surface area (Å²) in [5.74, 6) is 0.00381. The highest BCUT2D eigenvalue weighted by Gasteiger charge is 2.09. The van der Waals surface area contributed by atoms with Crippen LogP contribution in [0, 0.1) is 5.92 Å². The number of aromatic nitrogens is 1. The molecule has 0 aliphatic heterocycles. The molecule has 6 nitrogen and oxygen atoms in total. The first kappa shape index (κ1) is 19.4. The lowest BCUT2D eigenvalue weighted by molar-refractivity contribution is 0.0526. The number of amides is 1. The number of nitrogens with one attached hydrogen (secondary N) is 2. The van der Waals surface area contributed by atoms with Gasteiger partial charge in [0.1, 0.15) is 5.69 Å². The third kappa shape index (κ3) is 5.88. The summed E-state index contributed by atoms with van der Waals surface area (Å²) in [5.41, 5.74) is 2.41. The molecule has 1 aromatic heterocycles. The summed E-state index contributed by atoms with van der Waals surface area (Å²) in [4.78, 5) is 27.9. The largest absolute Gasteiger partial charge is 0.462 e. The summed E-state index contributed by atoms with van der Waals surface area (Å²) >= 11 is 0. The molecule has 6 heteroatoms. The van der Waals surface area contributed by atoms with Crippen LogP contribution >= 0.6 is 0 Å². The predicted octanol–water partition coefficient (Wildman–Crippen LogP) is 3.78. The minimum absolute atomic E-state index is 0.188. The molecule has 0 unspecified atom stereocenters. The van der Waals surface area contributed by atoms with Gasteiger partial charge in [0.15, 0.2) is 0 Å². The van der Waals surface area contributed by atoms with Gasteiger partial charge in [0.25, 0.3) is 5.91 Å². The molecule has 2 rings (SSSR count). The Morgan fingerprint density at radius 3 is 2.50 bits per heavy atom. The molecule has 1 heterocycles. The molecule has 0 saturated heterocycles. The van der Waals surface area contributed by atoms with Crippen LogP contribution in [0.4, 0.5) is 11.4 Å². The van der Waals surface area contributed by atoms with E-state index < -0.39 is 0 Å². The number of anilines is 2. The summed E-state index contributed by atoms with van der Waals surface area (Å²) < 4.78 is 4.96. The lowest BCUT2D eigenvalue weighted by Crippen LogP contribution is -2.26. The van der Waals surface area contributed by atoms with Gasteiger partial charge in [-0.1, -0.05) is 13.8 Å². The molecule has 0 saturated carbocycles. The molecule has 26 heavy (non-hydrogen) atoms. The summed E-state index contributed by atoms with van der Waals surface area (Å²) in [6.45, 7) is 6.97. The lowest BCUT2D eigenvalue weighted by atomic mass is 10.1. The summed E-state index contributed by atoms with van der Waals surface area (Å²) in [5, 5.41) is 6.07. The molecule has 0 bridgehead atoms. The number of esters is 1. The summed E-state index contributed by atoms with van der Waals surface area (Å²) in [6, 6.07) is 10.4. The van der Waals surface area contributed by atoms with Gasteiger partial charge in [-0.2, -0.15) is 0 Å². The molecule has 2 N–H and O–H groups in total. The first-order valence-corrected chi connectivity index (χ1v) is 8.78. The molecule has 0 spiro atoms. The van der Waals surface area contributed by atoms with Crippen LogP contribution in [0.25, 0.3) is 0 Å². The SMILES string of the molecule is CCOC(=O)c1ccc(Nc2ccnc(C(=O)NCCC(C)C)c2)cc1. The summed E-state index contributed by atoms with van der Waals surface area (Å²) in [6.07, 6.45) is 2.52. The molecule has 0 atom stereocenters. The van der Waals surface area contributed by atoms with Crippen LogP contribution in [-0.4, -0.2) is 30.0 Å². The van der Waals surface area contributed by atoms with Gasteiger partial charge in [0.05, 0.1) is 12.2 Å². The number of ether oxygens (including phenoxy) is 1. The number of benzene rings is 1. The number of carbonyl (C=O) groups excluding carboxylic acids is 2. The third-order valence-electron chi connectivity index (χ3n) is 3.68. The van der Waals surface area contributed by atoms with E-state index in [1.54, 1.807) is 49.5 Å². The highest BCUT2D eigenvalue weighted by molar-refractivity contribution is 5.93. The molecular weight excluding hydrogens is 330 g/mol. The monoisotopic (exact) mass is 355 g/mol. The van der Waals surface area contributed by atoms with Crippen molar-refractivity contribution >= 4 is 23.3 Å². The van der Waals surface area contributed by atoms with Crippen molar-refractivity contribution in [2.75, 3.05) is 18.5 Å². The van der Waals surface area contributed by atoms with E-state index in [9.17, 15) is 9.59 Å². The molecule has 0 aliphatic rings. The molecular formula is C20H25N3O3. The van der Waals surface area contributed by atoms with E-state index in [-0.39, 0.29) is 11.9 Å². The van der Waals surface area contributed by atoms with Crippen LogP contribution < -0.4 is 10.6 Å². The fraction of sp³-hybridized carbons (Fsp3) is 0.350. The van der Waals surface area contributed by atoms with Gasteiger partial charge in [-0.3, -0.25) is 9.78 Å². The zero-order chi connectivity index (χ0) is 18.9. The Morgan fingerprint density at radius 2 is 1.85 bits per heavy atom. The maximum Gasteiger partial charge on any atom is 0.338 e. The van der Waals surface area contributed by atoms with Crippen molar-refractivity contribution in [1.29, 1.82) is 0 Å². The van der Waals surface area contributed by atoms with Crippen LogP contribution in [0.1, 0.15) is 48.0 Å². The minimum Gasteiger partial charge on any atom is -0.462 e. The van der Waals surface area contributed by atoms with Gasteiger partial charge in [0, 0.05) is 24.1 Å². The fourth-order valence-corrected chi connectivity index (χ4v) is 2.27. The summed E-state index contributed by atoms with van der Waals surface area (Å²) in [7, 11) is 0. The normalized spacial score (nSPS) is 10.5. The molecule has 0 aliphatic carbocycles. The second kappa shape index (κ2) is 9.56. The van der Waals surface area contributed by atoms with Crippen molar-refractivity contribution in [3.05, 3.63) is 53.9 Å². The van der Waals surface area contributed by atoms with Crippen molar-refractivity contribution < 1.29 is 14.3 Å². The number of pyridine rings is 1. The fourth-order valence-electron chi connectivity index (χ4n) is 2.27. The molecule has 2 aromatic rings. The Bertz CT molecular complexity index is 742. The Balaban J connectivity index is 1.99. The highest BCUT2D eigenvalue weighted by Crippen LogP contribution is 2.18. The number of nitrogens with zero attached hydrogens (tertiary/aromatic N) is 1. The van der Waals surface area contributed by atoms with Crippen LogP contribution in [-0.2, 0) is 4.74 Å². The van der Waals surface area contributed by atoms with Gasteiger partial charge in [-0.05, 0) is 55.7 Å². The van der Waals surface area contributed by atoms with E-state index in [0.29, 0.717) is 30.3 Å². The lowest BCUT2D eigenvalue weighted by Gasteiger charge is -2.10. The quantitative estimate of drug-likeness (QED) is 0.705. The Kier molecular flexibility index (Phi) is 7.14. The van der Waals surface area contributed by atoms with Crippen LogP contribution in [0.2, 0.25) is 0 Å². The number of rotatable bonds is 8. The first-order valence-electron chi connectivity index (χ1n) is 8.78. The van der Waals surface area contributed by atoms with E-state index in [1.165, 1.54) is 0 Å². The zero-order valence-corrected chi connectivity index (χ0v) is 15.4. The minimum atomic E-state index is -0.344. The van der Waals surface area contributed by atoms with Crippen LogP contribution in [0.5, 0.6) is 0 Å². The average Bonchev–Trinajstić information content (AvgIpc) is 2.62. The second-order valence-corrected chi connectivity index (χ2v) is 6.29. The number of hydrogen-bond donors (Lipinski definition) is 2. The van der Waals surface area contributed by atoms with Gasteiger partial charge >= 0.3 is 5.97 Å². The average molecular weight is 355 g/mol. The van der Waals surface area contributed by atoms with Crippen molar-refractivity contribution in [3.63, 3.8) is 0 Å². The molecule has 0 fully saturated rings. The molecule has 138 valence electrons. The van der Waals surface area contributed by atoms with E-state index in [4.69, 9.17) is 4.74 Å². The zero-order valence-electron chi connectivity index (χ0n) is 15.4. The number of hydrogen-bond acceptors (Lipinski definition) is 5. The molecule has 1 aromatic carbocycles. The Hall–Kier alpha value is -2.89. The van der Waals surface area contributed by atoms with Gasteiger partial charge < -0.3 is 15.4 Å². The third-order valence-corrected chi connectivity index (χ3v) is 3.68. The van der Waals surface area contributed by atoms with Crippen molar-refractivity contribution in [3.8, 4) is 0 Å². The maximum absolute atomic E-state index is 12.2. The van der Waals surface area contributed by atoms with Gasteiger partial charge in [-0.15, -0.1) is 0 Å². The van der Waals surface area contributed by atoms with Crippen molar-refractivity contribution in [2.24, 2.45) is 5.92 Å². The molecule has 1 amide bonds. The topological polar surface area (TPSA) is 80.3 Å². The predicted molar refractivity (Wildman–Crippen MR) is 102 cm³/mol. The van der Waals surface area contributed by atoms with Crippen molar-refractivity contribution in [2.45, 2.75) is 27.2 Å². The maximum atomic E-state index is 12.2. The van der Waals surface area contributed by atoms with Gasteiger partial charge in [0.2, 0.25) is 0 Å².